The van der Waals surface area contributed by atoms with Crippen molar-refractivity contribution in [3.05, 3.63) is 42.7 Å². The molecule has 2 heteroatoms. The van der Waals surface area contributed by atoms with Crippen LogP contribution in [0.1, 0.15) is 0 Å². The number of pyridine rings is 1. The number of rotatable bonds is 0. The van der Waals surface area contributed by atoms with E-state index in [4.69, 9.17) is 0 Å². The molecule has 1 heterocycles. The summed E-state index contributed by atoms with van der Waals surface area (Å²) in [5.74, 6) is 0. The third kappa shape index (κ3) is 1.71. The minimum atomic E-state index is 0. The first-order valence-electron chi connectivity index (χ1n) is 3.25. The van der Waals surface area contributed by atoms with Gasteiger partial charge in [-0.2, -0.15) is 0 Å². The van der Waals surface area contributed by atoms with Crippen molar-refractivity contribution in [1.29, 1.82) is 0 Å². The van der Waals surface area contributed by atoms with Crippen LogP contribution in [0.5, 0.6) is 0 Å². The maximum absolute atomic E-state index is 4.01. The van der Waals surface area contributed by atoms with Crippen molar-refractivity contribution < 1.29 is 0 Å². The first-order chi connectivity index (χ1) is 4.97. The normalized spacial score (nSPS) is 9.09. The average Bonchev–Trinajstić information content (AvgIpc) is 2.05. The predicted octanol–water partition coefficient (Wildman–Crippen LogP) is 1.85. The molecule has 0 saturated carbocycles. The van der Waals surface area contributed by atoms with Crippen molar-refractivity contribution in [2.24, 2.45) is 0 Å². The van der Waals surface area contributed by atoms with E-state index in [2.05, 4.69) is 17.1 Å². The average molecular weight is 248 g/mol. The minimum Gasteiger partial charge on any atom is -0.264 e. The van der Waals surface area contributed by atoms with Crippen molar-refractivity contribution in [3.63, 3.8) is 0 Å². The summed E-state index contributed by atoms with van der Waals surface area (Å²) in [5.41, 5.74) is 0. The molecule has 52 valence electrons. The Morgan fingerprint density at radius 1 is 0.909 bits per heavy atom. The number of hydrogen-bond acceptors (Lipinski definition) is 1. The van der Waals surface area contributed by atoms with E-state index >= 15 is 0 Å². The van der Waals surface area contributed by atoms with Crippen molar-refractivity contribution >= 4 is 34.7 Å². The molecular weight excluding hydrogens is 241 g/mol. The van der Waals surface area contributed by atoms with Crippen LogP contribution in [0.3, 0.4) is 0 Å². The SMILES string of the molecule is [Sn].c1ccc2cnccc2c1. The van der Waals surface area contributed by atoms with Gasteiger partial charge in [0.15, 0.2) is 0 Å². The van der Waals surface area contributed by atoms with Gasteiger partial charge in [0.25, 0.3) is 0 Å². The second kappa shape index (κ2) is 3.71. The second-order valence-electron chi connectivity index (χ2n) is 2.22. The maximum atomic E-state index is 4.01. The molecule has 4 radical (unpaired) electrons. The molecule has 0 amide bonds. The van der Waals surface area contributed by atoms with Crippen LogP contribution in [0.15, 0.2) is 42.7 Å². The fourth-order valence-electron chi connectivity index (χ4n) is 1.03. The Hall–Kier alpha value is -0.571. The predicted molar refractivity (Wildman–Crippen MR) is 47.5 cm³/mol. The van der Waals surface area contributed by atoms with Gasteiger partial charge in [-0.25, -0.2) is 0 Å². The van der Waals surface area contributed by atoms with Crippen molar-refractivity contribution in [2.45, 2.75) is 0 Å². The number of nitrogens with zero attached hydrogens (tertiary/aromatic N) is 1. The maximum Gasteiger partial charge on any atom is 0.0346 e. The Kier molecular flexibility index (Phi) is 2.88. The summed E-state index contributed by atoms with van der Waals surface area (Å²) in [5, 5.41) is 2.45. The van der Waals surface area contributed by atoms with Gasteiger partial charge >= 0.3 is 0 Å². The van der Waals surface area contributed by atoms with Gasteiger partial charge in [-0.3, -0.25) is 4.98 Å². The van der Waals surface area contributed by atoms with Crippen LogP contribution in [0.2, 0.25) is 0 Å². The molecule has 0 aliphatic carbocycles. The van der Waals surface area contributed by atoms with Crippen LogP contribution in [0, 0.1) is 0 Å². The van der Waals surface area contributed by atoms with Gasteiger partial charge in [0, 0.05) is 36.3 Å². The van der Waals surface area contributed by atoms with Gasteiger partial charge < -0.3 is 0 Å². The molecule has 2 aromatic rings. The van der Waals surface area contributed by atoms with E-state index in [-0.39, 0.29) is 23.9 Å². The number of hydrogen-bond donors (Lipinski definition) is 0. The molecule has 1 aromatic heterocycles. The first-order valence-corrected chi connectivity index (χ1v) is 3.25. The van der Waals surface area contributed by atoms with Gasteiger partial charge in [-0.15, -0.1) is 0 Å². The standard InChI is InChI=1S/C9H7N.Sn/c1-2-4-9-7-10-6-5-8(9)3-1;/h1-7H;. The Morgan fingerprint density at radius 3 is 2.36 bits per heavy atom. The van der Waals surface area contributed by atoms with Crippen LogP contribution in [0.4, 0.5) is 0 Å². The molecule has 0 N–H and O–H groups in total. The van der Waals surface area contributed by atoms with Gasteiger partial charge in [-0.05, 0) is 16.8 Å². The second-order valence-corrected chi connectivity index (χ2v) is 2.22. The summed E-state index contributed by atoms with van der Waals surface area (Å²) in [4.78, 5) is 4.01. The number of benzene rings is 1. The largest absolute Gasteiger partial charge is 0.264 e. The fourth-order valence-corrected chi connectivity index (χ4v) is 1.03. The summed E-state index contributed by atoms with van der Waals surface area (Å²) >= 11 is 0. The van der Waals surface area contributed by atoms with Gasteiger partial charge in [-0.1, -0.05) is 24.3 Å². The van der Waals surface area contributed by atoms with E-state index in [1.807, 2.05) is 30.6 Å². The van der Waals surface area contributed by atoms with Gasteiger partial charge in [0.2, 0.25) is 0 Å². The Balaban J connectivity index is 0.000000605. The van der Waals surface area contributed by atoms with E-state index in [1.54, 1.807) is 0 Å². The summed E-state index contributed by atoms with van der Waals surface area (Å²) in [6.45, 7) is 0. The molecule has 0 bridgehead atoms. The molecule has 1 aromatic carbocycles. The van der Waals surface area contributed by atoms with Crippen molar-refractivity contribution in [2.75, 3.05) is 0 Å². The first kappa shape index (κ1) is 8.52. The van der Waals surface area contributed by atoms with E-state index in [0.29, 0.717) is 0 Å². The van der Waals surface area contributed by atoms with Gasteiger partial charge in [0.1, 0.15) is 0 Å². The van der Waals surface area contributed by atoms with Crippen LogP contribution < -0.4 is 0 Å². The van der Waals surface area contributed by atoms with Crippen LogP contribution in [-0.2, 0) is 0 Å². The molecule has 0 aliphatic rings. The minimum absolute atomic E-state index is 0. The fraction of sp³-hybridized carbons (Fsp3) is 0. The zero-order valence-electron chi connectivity index (χ0n) is 5.99. The molecule has 0 spiro atoms. The summed E-state index contributed by atoms with van der Waals surface area (Å²) in [6.07, 6.45) is 3.68. The molecule has 0 unspecified atom stereocenters. The summed E-state index contributed by atoms with van der Waals surface area (Å²) < 4.78 is 0. The Labute approximate surface area is 82.4 Å². The number of aromatic nitrogens is 1. The smallest absolute Gasteiger partial charge is 0.0346 e. The molecule has 0 atom stereocenters. The molecule has 0 saturated heterocycles. The molecule has 11 heavy (non-hydrogen) atoms. The monoisotopic (exact) mass is 249 g/mol. The Morgan fingerprint density at radius 2 is 1.64 bits per heavy atom. The number of fused-ring (bicyclic) bond motifs is 1. The van der Waals surface area contributed by atoms with E-state index < -0.39 is 0 Å². The molecule has 0 aliphatic heterocycles. The topological polar surface area (TPSA) is 12.9 Å². The van der Waals surface area contributed by atoms with Crippen molar-refractivity contribution in [3.8, 4) is 0 Å². The Bertz CT molecular complexity index is 281. The summed E-state index contributed by atoms with van der Waals surface area (Å²) in [6, 6.07) is 10.2. The molecule has 1 nitrogen and oxygen atoms in total. The zero-order valence-corrected chi connectivity index (χ0v) is 8.84. The van der Waals surface area contributed by atoms with E-state index in [0.717, 1.165) is 0 Å². The van der Waals surface area contributed by atoms with Crippen molar-refractivity contribution in [1.82, 2.24) is 4.98 Å². The molecular formula is C9H7NSn. The third-order valence-corrected chi connectivity index (χ3v) is 1.55. The zero-order chi connectivity index (χ0) is 6.81. The summed E-state index contributed by atoms with van der Waals surface area (Å²) in [7, 11) is 0. The van der Waals surface area contributed by atoms with Gasteiger partial charge in [0.05, 0.1) is 0 Å². The molecule has 2 rings (SSSR count). The van der Waals surface area contributed by atoms with E-state index in [1.165, 1.54) is 10.8 Å². The molecule has 0 fully saturated rings. The van der Waals surface area contributed by atoms with Crippen LogP contribution in [0.25, 0.3) is 10.8 Å². The van der Waals surface area contributed by atoms with Crippen LogP contribution >= 0.6 is 0 Å². The quantitative estimate of drug-likeness (QED) is 0.648. The third-order valence-electron chi connectivity index (χ3n) is 1.55. The van der Waals surface area contributed by atoms with E-state index in [9.17, 15) is 0 Å². The van der Waals surface area contributed by atoms with Crippen LogP contribution in [-0.4, -0.2) is 28.9 Å².